The molecule has 1 N–H and O–H groups in total. The standard InChI is InChI=1S/C15H8Cl3N5S/c16-8-4-9(17)13(10(18)5-8)22-15-21-11(7-24-15)12-6-20-14-19-2-1-3-23(12)14/h1-7H,(H,21,22). The number of hydrogen-bond donors (Lipinski definition) is 1. The minimum atomic E-state index is 0.434. The quantitative estimate of drug-likeness (QED) is 0.493. The summed E-state index contributed by atoms with van der Waals surface area (Å²) in [5.74, 6) is 0.624. The largest absolute Gasteiger partial charge is 0.329 e. The third kappa shape index (κ3) is 2.82. The van der Waals surface area contributed by atoms with Gasteiger partial charge >= 0.3 is 0 Å². The van der Waals surface area contributed by atoms with Gasteiger partial charge in [-0.1, -0.05) is 34.8 Å². The smallest absolute Gasteiger partial charge is 0.234 e. The molecule has 0 atom stereocenters. The van der Waals surface area contributed by atoms with Crippen LogP contribution in [0.3, 0.4) is 0 Å². The van der Waals surface area contributed by atoms with E-state index in [1.54, 1.807) is 24.5 Å². The summed E-state index contributed by atoms with van der Waals surface area (Å²) in [5.41, 5.74) is 2.21. The van der Waals surface area contributed by atoms with Crippen LogP contribution in [-0.4, -0.2) is 19.4 Å². The molecule has 0 aliphatic carbocycles. The van der Waals surface area contributed by atoms with Gasteiger partial charge in [-0.2, -0.15) is 0 Å². The fourth-order valence-corrected chi connectivity index (χ4v) is 3.85. The summed E-state index contributed by atoms with van der Waals surface area (Å²) in [5, 5.41) is 7.07. The Morgan fingerprint density at radius 1 is 1.08 bits per heavy atom. The van der Waals surface area contributed by atoms with Crippen LogP contribution in [0.4, 0.5) is 10.8 Å². The minimum absolute atomic E-state index is 0.434. The molecule has 4 aromatic rings. The molecule has 0 bridgehead atoms. The summed E-state index contributed by atoms with van der Waals surface area (Å²) in [6.07, 6.45) is 5.33. The monoisotopic (exact) mass is 395 g/mol. The van der Waals surface area contributed by atoms with E-state index in [0.717, 1.165) is 11.4 Å². The first-order valence-electron chi connectivity index (χ1n) is 6.77. The van der Waals surface area contributed by atoms with Gasteiger partial charge in [-0.3, -0.25) is 4.40 Å². The molecule has 0 radical (unpaired) electrons. The van der Waals surface area contributed by atoms with E-state index < -0.39 is 0 Å². The number of rotatable bonds is 3. The van der Waals surface area contributed by atoms with Crippen LogP contribution in [0.5, 0.6) is 0 Å². The average Bonchev–Trinajstić information content (AvgIpc) is 3.17. The topological polar surface area (TPSA) is 55.1 Å². The van der Waals surface area contributed by atoms with Crippen LogP contribution in [-0.2, 0) is 0 Å². The third-order valence-electron chi connectivity index (χ3n) is 3.29. The molecular weight excluding hydrogens is 389 g/mol. The third-order valence-corrected chi connectivity index (χ3v) is 4.87. The molecule has 0 aliphatic heterocycles. The zero-order valence-electron chi connectivity index (χ0n) is 11.9. The molecule has 5 nitrogen and oxygen atoms in total. The Kier molecular flexibility index (Phi) is 4.05. The van der Waals surface area contributed by atoms with E-state index in [1.165, 1.54) is 11.3 Å². The maximum absolute atomic E-state index is 6.19. The van der Waals surface area contributed by atoms with E-state index in [9.17, 15) is 0 Å². The molecule has 3 heterocycles. The predicted molar refractivity (Wildman–Crippen MR) is 98.8 cm³/mol. The van der Waals surface area contributed by atoms with Crippen molar-refractivity contribution in [3.8, 4) is 11.4 Å². The number of fused-ring (bicyclic) bond motifs is 1. The van der Waals surface area contributed by atoms with Gasteiger partial charge in [-0.25, -0.2) is 15.0 Å². The molecule has 0 unspecified atom stereocenters. The van der Waals surface area contributed by atoms with Crippen LogP contribution in [0, 0.1) is 0 Å². The minimum Gasteiger partial charge on any atom is -0.329 e. The number of thiazole rings is 1. The Balaban J connectivity index is 1.69. The molecule has 0 spiro atoms. The summed E-state index contributed by atoms with van der Waals surface area (Å²) in [6, 6.07) is 5.10. The van der Waals surface area contributed by atoms with Crippen molar-refractivity contribution < 1.29 is 0 Å². The van der Waals surface area contributed by atoms with Crippen molar-refractivity contribution in [2.45, 2.75) is 0 Å². The molecule has 120 valence electrons. The van der Waals surface area contributed by atoms with E-state index in [-0.39, 0.29) is 0 Å². The molecule has 4 rings (SSSR count). The molecule has 0 saturated heterocycles. The molecule has 1 aromatic carbocycles. The number of aromatic nitrogens is 4. The van der Waals surface area contributed by atoms with Crippen molar-refractivity contribution in [3.05, 3.63) is 57.2 Å². The normalized spacial score (nSPS) is 11.1. The summed E-state index contributed by atoms with van der Waals surface area (Å²) in [6.45, 7) is 0. The zero-order valence-corrected chi connectivity index (χ0v) is 15.0. The second-order valence-electron chi connectivity index (χ2n) is 4.84. The number of nitrogens with one attached hydrogen (secondary N) is 1. The second-order valence-corrected chi connectivity index (χ2v) is 6.95. The average molecular weight is 397 g/mol. The van der Waals surface area contributed by atoms with Gasteiger partial charge in [0, 0.05) is 22.8 Å². The molecule has 0 fully saturated rings. The number of hydrogen-bond acceptors (Lipinski definition) is 5. The molecule has 0 aliphatic rings. The Hall–Kier alpha value is -1.86. The van der Waals surface area contributed by atoms with Gasteiger partial charge in [0.2, 0.25) is 5.78 Å². The van der Waals surface area contributed by atoms with Gasteiger partial charge in [0.05, 0.1) is 27.6 Å². The summed E-state index contributed by atoms with van der Waals surface area (Å²) in [4.78, 5) is 13.0. The lowest BCUT2D eigenvalue weighted by Gasteiger charge is -2.08. The highest BCUT2D eigenvalue weighted by Gasteiger charge is 2.13. The summed E-state index contributed by atoms with van der Waals surface area (Å²) in [7, 11) is 0. The van der Waals surface area contributed by atoms with Crippen LogP contribution in [0.2, 0.25) is 15.1 Å². The van der Waals surface area contributed by atoms with Gasteiger partial charge in [0.1, 0.15) is 5.69 Å². The van der Waals surface area contributed by atoms with Crippen LogP contribution < -0.4 is 5.32 Å². The van der Waals surface area contributed by atoms with Crippen molar-refractivity contribution >= 4 is 62.7 Å². The highest BCUT2D eigenvalue weighted by molar-refractivity contribution is 7.14. The van der Waals surface area contributed by atoms with E-state index in [4.69, 9.17) is 34.8 Å². The second kappa shape index (κ2) is 6.22. The lowest BCUT2D eigenvalue weighted by molar-refractivity contribution is 1.11. The van der Waals surface area contributed by atoms with Crippen LogP contribution >= 0.6 is 46.1 Å². The van der Waals surface area contributed by atoms with E-state index in [0.29, 0.717) is 31.7 Å². The SMILES string of the molecule is Clc1cc(Cl)c(Nc2nc(-c3cnc4ncccn34)cs2)c(Cl)c1. The Bertz CT molecular complexity index is 1020. The van der Waals surface area contributed by atoms with E-state index in [2.05, 4.69) is 20.3 Å². The van der Waals surface area contributed by atoms with E-state index >= 15 is 0 Å². The number of halogens is 3. The maximum Gasteiger partial charge on any atom is 0.234 e. The fraction of sp³-hybridized carbons (Fsp3) is 0. The summed E-state index contributed by atoms with van der Waals surface area (Å²) < 4.78 is 1.88. The maximum atomic E-state index is 6.19. The van der Waals surface area contributed by atoms with Gasteiger partial charge < -0.3 is 5.32 Å². The van der Waals surface area contributed by atoms with Gasteiger partial charge in [-0.05, 0) is 18.2 Å². The fourth-order valence-electron chi connectivity index (χ4n) is 2.23. The molecule has 0 saturated carbocycles. The Morgan fingerprint density at radius 3 is 2.67 bits per heavy atom. The van der Waals surface area contributed by atoms with Gasteiger partial charge in [0.25, 0.3) is 0 Å². The first-order chi connectivity index (χ1) is 11.6. The Morgan fingerprint density at radius 2 is 1.88 bits per heavy atom. The molecule has 9 heteroatoms. The van der Waals surface area contributed by atoms with Crippen LogP contribution in [0.1, 0.15) is 0 Å². The Labute approximate surface area is 155 Å². The lowest BCUT2D eigenvalue weighted by Crippen LogP contribution is -1.93. The van der Waals surface area contributed by atoms with Crippen molar-refractivity contribution in [2.24, 2.45) is 0 Å². The van der Waals surface area contributed by atoms with Crippen LogP contribution in [0.25, 0.3) is 17.2 Å². The first-order valence-corrected chi connectivity index (χ1v) is 8.79. The van der Waals surface area contributed by atoms with Gasteiger partial charge in [-0.15, -0.1) is 11.3 Å². The zero-order chi connectivity index (χ0) is 16.7. The van der Waals surface area contributed by atoms with Crippen LogP contribution in [0.15, 0.2) is 42.2 Å². The van der Waals surface area contributed by atoms with Crippen molar-refractivity contribution in [2.75, 3.05) is 5.32 Å². The number of anilines is 2. The highest BCUT2D eigenvalue weighted by atomic mass is 35.5. The molecule has 0 amide bonds. The molecular formula is C15H8Cl3N5S. The first kappa shape index (κ1) is 15.7. The van der Waals surface area contributed by atoms with Crippen molar-refractivity contribution in [1.29, 1.82) is 0 Å². The summed E-state index contributed by atoms with van der Waals surface area (Å²) >= 11 is 19.8. The van der Waals surface area contributed by atoms with Crippen molar-refractivity contribution in [1.82, 2.24) is 19.4 Å². The molecule has 24 heavy (non-hydrogen) atoms. The number of imidazole rings is 1. The lowest BCUT2D eigenvalue weighted by atomic mass is 10.3. The molecule has 3 aromatic heterocycles. The van der Waals surface area contributed by atoms with Gasteiger partial charge in [0.15, 0.2) is 5.13 Å². The number of benzene rings is 1. The highest BCUT2D eigenvalue weighted by Crippen LogP contribution is 2.37. The number of nitrogens with zero attached hydrogens (tertiary/aromatic N) is 4. The van der Waals surface area contributed by atoms with E-state index in [1.807, 2.05) is 22.0 Å². The van der Waals surface area contributed by atoms with Crippen molar-refractivity contribution in [3.63, 3.8) is 0 Å². The predicted octanol–water partition coefficient (Wildman–Crippen LogP) is 5.56.